The topological polar surface area (TPSA) is 79.9 Å². The highest BCUT2D eigenvalue weighted by Gasteiger charge is 2.26. The summed E-state index contributed by atoms with van der Waals surface area (Å²) in [6.07, 6.45) is 0. The van der Waals surface area contributed by atoms with Crippen LogP contribution >= 0.6 is 11.6 Å². The summed E-state index contributed by atoms with van der Waals surface area (Å²) in [5, 5.41) is 6.45. The molecule has 32 heavy (non-hydrogen) atoms. The van der Waals surface area contributed by atoms with Gasteiger partial charge >= 0.3 is 0 Å². The molecule has 2 amide bonds. The second-order valence-electron chi connectivity index (χ2n) is 8.04. The van der Waals surface area contributed by atoms with Gasteiger partial charge in [0.1, 0.15) is 17.5 Å². The summed E-state index contributed by atoms with van der Waals surface area (Å²) < 4.78 is 10.5. The molecule has 0 aliphatic heterocycles. The lowest BCUT2D eigenvalue weighted by Crippen LogP contribution is -2.51. The number of methoxy groups -OCH3 is 2. The molecule has 2 N–H and O–H groups in total. The lowest BCUT2D eigenvalue weighted by atomic mass is 10.0. The van der Waals surface area contributed by atoms with Crippen molar-refractivity contribution in [2.45, 2.75) is 25.9 Å². The van der Waals surface area contributed by atoms with Gasteiger partial charge in [-0.25, -0.2) is 0 Å². The average molecular weight is 462 g/mol. The normalized spacial score (nSPS) is 12.9. The van der Waals surface area contributed by atoms with E-state index in [0.717, 1.165) is 5.56 Å². The van der Waals surface area contributed by atoms with Gasteiger partial charge in [-0.15, -0.1) is 0 Å². The molecule has 0 aromatic heterocycles. The van der Waals surface area contributed by atoms with Crippen LogP contribution in [0, 0.1) is 5.92 Å². The van der Waals surface area contributed by atoms with Crippen LogP contribution < -0.4 is 20.1 Å². The minimum atomic E-state index is -0.714. The number of carbonyl (C=O) groups is 2. The Morgan fingerprint density at radius 2 is 1.62 bits per heavy atom. The van der Waals surface area contributed by atoms with E-state index in [0.29, 0.717) is 28.6 Å². The molecule has 7 nitrogen and oxygen atoms in total. The number of hydrogen-bond donors (Lipinski definition) is 2. The maximum atomic E-state index is 13.0. The van der Waals surface area contributed by atoms with E-state index in [9.17, 15) is 9.59 Å². The van der Waals surface area contributed by atoms with E-state index in [4.69, 9.17) is 21.1 Å². The van der Waals surface area contributed by atoms with Crippen molar-refractivity contribution in [1.29, 1.82) is 0 Å². The largest absolute Gasteiger partial charge is 0.497 e. The van der Waals surface area contributed by atoms with Gasteiger partial charge in [0, 0.05) is 23.2 Å². The lowest BCUT2D eigenvalue weighted by molar-refractivity contribution is -0.124. The summed E-state index contributed by atoms with van der Waals surface area (Å²) >= 11 is 6.36. The average Bonchev–Trinajstić information content (AvgIpc) is 2.77. The van der Waals surface area contributed by atoms with Crippen LogP contribution in [0.3, 0.4) is 0 Å². The van der Waals surface area contributed by atoms with Crippen molar-refractivity contribution in [3.63, 3.8) is 0 Å². The monoisotopic (exact) mass is 461 g/mol. The van der Waals surface area contributed by atoms with Crippen LogP contribution in [0.25, 0.3) is 0 Å². The first-order valence-electron chi connectivity index (χ1n) is 10.4. The fourth-order valence-corrected chi connectivity index (χ4v) is 3.58. The number of halogens is 1. The van der Waals surface area contributed by atoms with Gasteiger partial charge in [-0.2, -0.15) is 0 Å². The third kappa shape index (κ3) is 6.61. The zero-order valence-electron chi connectivity index (χ0n) is 19.4. The first kappa shape index (κ1) is 25.5. The summed E-state index contributed by atoms with van der Waals surface area (Å²) in [5.41, 5.74) is 1.27. The molecule has 0 radical (unpaired) electrons. The number of carbonyl (C=O) groups excluding carboxylic acids is 2. The Balaban J connectivity index is 2.14. The highest BCUT2D eigenvalue weighted by atomic mass is 35.5. The molecule has 174 valence electrons. The van der Waals surface area contributed by atoms with E-state index in [1.165, 1.54) is 14.2 Å². The molecular formula is C24H32ClN3O4. The third-order valence-corrected chi connectivity index (χ3v) is 5.55. The molecule has 0 aliphatic carbocycles. The van der Waals surface area contributed by atoms with Crippen LogP contribution in [0.5, 0.6) is 11.5 Å². The minimum Gasteiger partial charge on any atom is -0.497 e. The second kappa shape index (κ2) is 11.7. The summed E-state index contributed by atoms with van der Waals surface area (Å²) in [5.74, 6) is 0.222. The first-order chi connectivity index (χ1) is 15.2. The Hall–Kier alpha value is -2.77. The molecule has 0 saturated heterocycles. The van der Waals surface area contributed by atoms with Gasteiger partial charge in [-0.1, -0.05) is 43.6 Å². The molecule has 2 rings (SSSR count). The zero-order valence-corrected chi connectivity index (χ0v) is 20.2. The summed E-state index contributed by atoms with van der Waals surface area (Å²) in [7, 11) is 6.89. The van der Waals surface area contributed by atoms with Crippen molar-refractivity contribution in [3.8, 4) is 11.5 Å². The first-order valence-corrected chi connectivity index (χ1v) is 10.8. The van der Waals surface area contributed by atoms with Crippen molar-refractivity contribution < 1.29 is 19.1 Å². The fraction of sp³-hybridized carbons (Fsp3) is 0.417. The molecule has 0 saturated carbocycles. The molecule has 2 aromatic rings. The molecule has 0 aliphatic rings. The Labute approximate surface area is 195 Å². The Morgan fingerprint density at radius 3 is 2.12 bits per heavy atom. The van der Waals surface area contributed by atoms with E-state index in [1.807, 2.05) is 57.1 Å². The molecule has 0 heterocycles. The highest BCUT2D eigenvalue weighted by Crippen LogP contribution is 2.26. The molecule has 8 heteroatoms. The molecule has 0 fully saturated rings. The number of rotatable bonds is 10. The number of nitrogens with one attached hydrogen (secondary N) is 2. The standard InChI is InChI=1S/C24H32ClN3O4/c1-15(2)22(27-23(29)16-11-17(31-5)13-18(12-16)32-6)24(30)26-14-21(28(3)4)19-9-7-8-10-20(19)25/h7-13,15,21-22H,14H2,1-6H3,(H,26,30)(H,27,29)/t21-,22+/m0/s1. The maximum Gasteiger partial charge on any atom is 0.252 e. The van der Waals surface area contributed by atoms with Crippen LogP contribution in [0.2, 0.25) is 5.02 Å². The number of ether oxygens (including phenoxy) is 2. The second-order valence-corrected chi connectivity index (χ2v) is 8.45. The van der Waals surface area contributed by atoms with Gasteiger partial charge in [0.2, 0.25) is 5.91 Å². The van der Waals surface area contributed by atoms with Crippen LogP contribution in [0.1, 0.15) is 35.8 Å². The maximum absolute atomic E-state index is 13.0. The van der Waals surface area contributed by atoms with E-state index >= 15 is 0 Å². The minimum absolute atomic E-state index is 0.112. The van der Waals surface area contributed by atoms with Crippen molar-refractivity contribution in [2.24, 2.45) is 5.92 Å². The van der Waals surface area contributed by atoms with Gasteiger partial charge in [0.25, 0.3) is 5.91 Å². The fourth-order valence-electron chi connectivity index (χ4n) is 3.32. The van der Waals surface area contributed by atoms with E-state index in [1.54, 1.807) is 18.2 Å². The molecule has 0 bridgehead atoms. The predicted octanol–water partition coefficient (Wildman–Crippen LogP) is 3.53. The van der Waals surface area contributed by atoms with Gasteiger partial charge < -0.3 is 25.0 Å². The van der Waals surface area contributed by atoms with Crippen molar-refractivity contribution >= 4 is 23.4 Å². The molecule has 0 unspecified atom stereocenters. The van der Waals surface area contributed by atoms with Crippen LogP contribution in [-0.4, -0.2) is 57.6 Å². The van der Waals surface area contributed by atoms with E-state index in [-0.39, 0.29) is 23.8 Å². The number of nitrogens with zero attached hydrogens (tertiary/aromatic N) is 1. The Kier molecular flexibility index (Phi) is 9.35. The summed E-state index contributed by atoms with van der Waals surface area (Å²) in [6, 6.07) is 11.6. The number of benzene rings is 2. The number of amides is 2. The van der Waals surface area contributed by atoms with Gasteiger partial charge in [-0.05, 0) is 43.8 Å². The Bertz CT molecular complexity index is 911. The van der Waals surface area contributed by atoms with E-state index < -0.39 is 6.04 Å². The van der Waals surface area contributed by atoms with Crippen molar-refractivity contribution in [2.75, 3.05) is 34.9 Å². The molecule has 2 atom stereocenters. The summed E-state index contributed by atoms with van der Waals surface area (Å²) in [6.45, 7) is 4.12. The van der Waals surface area contributed by atoms with Crippen molar-refractivity contribution in [1.82, 2.24) is 15.5 Å². The zero-order chi connectivity index (χ0) is 23.8. The smallest absolute Gasteiger partial charge is 0.252 e. The molecular weight excluding hydrogens is 430 g/mol. The lowest BCUT2D eigenvalue weighted by Gasteiger charge is -2.28. The van der Waals surface area contributed by atoms with Crippen molar-refractivity contribution in [3.05, 3.63) is 58.6 Å². The quantitative estimate of drug-likeness (QED) is 0.565. The third-order valence-electron chi connectivity index (χ3n) is 5.21. The van der Waals surface area contributed by atoms with Gasteiger partial charge in [0.15, 0.2) is 0 Å². The van der Waals surface area contributed by atoms with E-state index in [2.05, 4.69) is 10.6 Å². The Morgan fingerprint density at radius 1 is 1.03 bits per heavy atom. The number of likely N-dealkylation sites (N-methyl/N-ethyl adjacent to an activating group) is 1. The predicted molar refractivity (Wildman–Crippen MR) is 127 cm³/mol. The van der Waals surface area contributed by atoms with Gasteiger partial charge in [0.05, 0.1) is 20.3 Å². The summed E-state index contributed by atoms with van der Waals surface area (Å²) in [4.78, 5) is 27.9. The number of hydrogen-bond acceptors (Lipinski definition) is 5. The van der Waals surface area contributed by atoms with Crippen LogP contribution in [0.4, 0.5) is 0 Å². The van der Waals surface area contributed by atoms with Crippen LogP contribution in [-0.2, 0) is 4.79 Å². The highest BCUT2D eigenvalue weighted by molar-refractivity contribution is 6.31. The van der Waals surface area contributed by atoms with Crippen LogP contribution in [0.15, 0.2) is 42.5 Å². The SMILES string of the molecule is COc1cc(OC)cc(C(=O)N[C@@H](C(=O)NC[C@@H](c2ccccc2Cl)N(C)C)C(C)C)c1. The van der Waals surface area contributed by atoms with Gasteiger partial charge in [-0.3, -0.25) is 9.59 Å². The molecule has 2 aromatic carbocycles. The molecule has 0 spiro atoms.